The van der Waals surface area contributed by atoms with Crippen molar-refractivity contribution in [3.8, 4) is 0 Å². The Hall–Kier alpha value is -2.36. The molecule has 0 radical (unpaired) electrons. The van der Waals surface area contributed by atoms with Gasteiger partial charge in [0.2, 0.25) is 5.91 Å². The summed E-state index contributed by atoms with van der Waals surface area (Å²) in [5.74, 6) is -0.0754. The van der Waals surface area contributed by atoms with E-state index in [1.807, 2.05) is 37.1 Å². The Morgan fingerprint density at radius 2 is 2.14 bits per heavy atom. The van der Waals surface area contributed by atoms with Gasteiger partial charge in [-0.15, -0.1) is 0 Å². The summed E-state index contributed by atoms with van der Waals surface area (Å²) in [5, 5.41) is 2.56. The lowest BCUT2D eigenvalue weighted by molar-refractivity contribution is -0.121. The van der Waals surface area contributed by atoms with Crippen molar-refractivity contribution in [2.24, 2.45) is 0 Å². The molecule has 0 heterocycles. The van der Waals surface area contributed by atoms with Crippen LogP contribution >= 0.6 is 0 Å². The molecule has 1 amide bonds. The van der Waals surface area contributed by atoms with E-state index < -0.39 is 0 Å². The van der Waals surface area contributed by atoms with Crippen molar-refractivity contribution in [2.75, 3.05) is 14.1 Å². The third-order valence-corrected chi connectivity index (χ3v) is 3.84. The molecule has 0 fully saturated rings. The predicted octanol–water partition coefficient (Wildman–Crippen LogP) is 2.63. The van der Waals surface area contributed by atoms with Gasteiger partial charge in [0.25, 0.3) is 0 Å². The molecule has 0 bridgehead atoms. The fourth-order valence-corrected chi connectivity index (χ4v) is 2.39. The number of amides is 1. The van der Waals surface area contributed by atoms with E-state index in [0.29, 0.717) is 12.8 Å². The molecule has 1 aromatic rings. The highest BCUT2D eigenvalue weighted by Crippen LogP contribution is 2.26. The highest BCUT2D eigenvalue weighted by molar-refractivity contribution is 5.78. The zero-order valence-electron chi connectivity index (χ0n) is 13.6. The number of benzene rings is 1. The van der Waals surface area contributed by atoms with Crippen LogP contribution in [0.3, 0.4) is 0 Å². The molecule has 0 aromatic heterocycles. The molecule has 1 rings (SSSR count). The fraction of sp³-hybridized carbons (Fsp3) is 0.333. The monoisotopic (exact) mass is 300 g/mol. The number of aryl methyl sites for hydroxylation is 1. The van der Waals surface area contributed by atoms with Crippen molar-refractivity contribution >= 4 is 24.0 Å². The number of hydrogen-bond acceptors (Lipinski definition) is 3. The Morgan fingerprint density at radius 3 is 2.68 bits per heavy atom. The van der Waals surface area contributed by atoms with E-state index >= 15 is 0 Å². The van der Waals surface area contributed by atoms with E-state index in [2.05, 4.69) is 18.5 Å². The smallest absolute Gasteiger partial charge is 0.219 e. The molecular formula is C18H24N2O2. The number of nitrogens with zero attached hydrogens (tertiary/aromatic N) is 1. The van der Waals surface area contributed by atoms with Crippen LogP contribution in [0, 0.1) is 6.92 Å². The van der Waals surface area contributed by atoms with Gasteiger partial charge in [0.05, 0.1) is 6.04 Å². The van der Waals surface area contributed by atoms with Gasteiger partial charge in [-0.2, -0.15) is 0 Å². The maximum Gasteiger partial charge on any atom is 0.219 e. The van der Waals surface area contributed by atoms with Crippen LogP contribution < -0.4 is 5.32 Å². The highest BCUT2D eigenvalue weighted by Gasteiger charge is 2.19. The molecule has 22 heavy (non-hydrogen) atoms. The van der Waals surface area contributed by atoms with Gasteiger partial charge in [-0.3, -0.25) is 4.79 Å². The molecule has 0 aliphatic heterocycles. The van der Waals surface area contributed by atoms with Crippen LogP contribution in [0.15, 0.2) is 31.4 Å². The first-order valence-corrected chi connectivity index (χ1v) is 7.26. The molecule has 0 spiro atoms. The minimum Gasteiger partial charge on any atom is -0.365 e. The van der Waals surface area contributed by atoms with E-state index in [1.54, 1.807) is 13.1 Å². The molecule has 0 aliphatic rings. The summed E-state index contributed by atoms with van der Waals surface area (Å²) in [6.07, 6.45) is 3.40. The second kappa shape index (κ2) is 8.17. The zero-order chi connectivity index (χ0) is 16.7. The van der Waals surface area contributed by atoms with Gasteiger partial charge in [0.1, 0.15) is 6.29 Å². The summed E-state index contributed by atoms with van der Waals surface area (Å²) in [6.45, 7) is 9.96. The van der Waals surface area contributed by atoms with Crippen molar-refractivity contribution in [3.63, 3.8) is 0 Å². The quantitative estimate of drug-likeness (QED) is 0.751. The second-order valence-corrected chi connectivity index (χ2v) is 5.22. The molecule has 0 saturated heterocycles. The van der Waals surface area contributed by atoms with Gasteiger partial charge < -0.3 is 15.0 Å². The standard InChI is InChI=1S/C18H24N2O2/c1-6-15-9-7-8-13(2)18(15)14(3)20(5)16(12-21)10-11-17(22)19-4/h6-9,12,16H,1,3,10-11H2,2,4-5H3,(H,19,22). The molecule has 0 saturated carbocycles. The van der Waals surface area contributed by atoms with Crippen LogP contribution in [0.5, 0.6) is 0 Å². The van der Waals surface area contributed by atoms with Crippen LogP contribution in [0.25, 0.3) is 11.8 Å². The van der Waals surface area contributed by atoms with Crippen LogP contribution in [-0.4, -0.2) is 37.2 Å². The van der Waals surface area contributed by atoms with Gasteiger partial charge in [0.15, 0.2) is 0 Å². The van der Waals surface area contributed by atoms with Crippen LogP contribution in [-0.2, 0) is 9.59 Å². The summed E-state index contributed by atoms with van der Waals surface area (Å²) in [4.78, 5) is 24.6. The summed E-state index contributed by atoms with van der Waals surface area (Å²) < 4.78 is 0. The molecule has 0 aliphatic carbocycles. The van der Waals surface area contributed by atoms with Gasteiger partial charge in [-0.25, -0.2) is 0 Å². The van der Waals surface area contributed by atoms with E-state index in [1.165, 1.54) is 0 Å². The molecule has 118 valence electrons. The Morgan fingerprint density at radius 1 is 1.45 bits per heavy atom. The molecule has 4 heteroatoms. The Kier molecular flexibility index (Phi) is 6.57. The van der Waals surface area contributed by atoms with Crippen LogP contribution in [0.1, 0.15) is 29.5 Å². The average molecular weight is 300 g/mol. The number of carbonyl (C=O) groups excluding carboxylic acids is 2. The normalized spacial score (nSPS) is 11.4. The summed E-state index contributed by atoms with van der Waals surface area (Å²) in [5.41, 5.74) is 3.78. The van der Waals surface area contributed by atoms with Gasteiger partial charge in [-0.05, 0) is 24.5 Å². The van der Waals surface area contributed by atoms with Crippen LogP contribution in [0.4, 0.5) is 0 Å². The third-order valence-electron chi connectivity index (χ3n) is 3.84. The third kappa shape index (κ3) is 4.07. The largest absolute Gasteiger partial charge is 0.365 e. The number of rotatable bonds is 8. The van der Waals surface area contributed by atoms with E-state index in [4.69, 9.17) is 0 Å². The van der Waals surface area contributed by atoms with Gasteiger partial charge >= 0.3 is 0 Å². The lowest BCUT2D eigenvalue weighted by Gasteiger charge is -2.29. The summed E-state index contributed by atoms with van der Waals surface area (Å²) in [6, 6.07) is 5.55. The predicted molar refractivity (Wildman–Crippen MR) is 91.2 cm³/mol. The summed E-state index contributed by atoms with van der Waals surface area (Å²) in [7, 11) is 3.41. The van der Waals surface area contributed by atoms with Gasteiger partial charge in [0, 0.05) is 31.8 Å². The average Bonchev–Trinajstić information content (AvgIpc) is 2.53. The Labute approximate surface area is 132 Å². The van der Waals surface area contributed by atoms with Crippen molar-refractivity contribution < 1.29 is 9.59 Å². The molecule has 4 nitrogen and oxygen atoms in total. The Balaban J connectivity index is 2.98. The highest BCUT2D eigenvalue weighted by atomic mass is 16.1. The molecule has 1 atom stereocenters. The molecule has 1 aromatic carbocycles. The number of carbonyl (C=O) groups is 2. The molecule has 1 unspecified atom stereocenters. The fourth-order valence-electron chi connectivity index (χ4n) is 2.39. The first-order valence-electron chi connectivity index (χ1n) is 7.26. The number of aldehydes is 1. The number of nitrogens with one attached hydrogen (secondary N) is 1. The number of likely N-dealkylation sites (N-methyl/N-ethyl adjacent to an activating group) is 1. The first kappa shape index (κ1) is 17.7. The lowest BCUT2D eigenvalue weighted by atomic mass is 9.98. The van der Waals surface area contributed by atoms with Gasteiger partial charge in [-0.1, -0.05) is 37.4 Å². The number of hydrogen-bond donors (Lipinski definition) is 1. The molecular weight excluding hydrogens is 276 g/mol. The van der Waals surface area contributed by atoms with Crippen molar-refractivity contribution in [1.82, 2.24) is 10.2 Å². The SMILES string of the molecule is C=Cc1cccc(C)c1C(=C)N(C)C(C=O)CCC(=O)NC. The topological polar surface area (TPSA) is 49.4 Å². The maximum atomic E-state index is 11.4. The lowest BCUT2D eigenvalue weighted by Crippen LogP contribution is -2.33. The summed E-state index contributed by atoms with van der Waals surface area (Å²) >= 11 is 0. The zero-order valence-corrected chi connectivity index (χ0v) is 13.6. The van der Waals surface area contributed by atoms with Crippen LogP contribution in [0.2, 0.25) is 0 Å². The van der Waals surface area contributed by atoms with Crippen molar-refractivity contribution in [1.29, 1.82) is 0 Å². The van der Waals surface area contributed by atoms with E-state index in [0.717, 1.165) is 28.7 Å². The van der Waals surface area contributed by atoms with E-state index in [-0.39, 0.29) is 11.9 Å². The maximum absolute atomic E-state index is 11.4. The van der Waals surface area contributed by atoms with E-state index in [9.17, 15) is 9.59 Å². The van der Waals surface area contributed by atoms with Crippen molar-refractivity contribution in [3.05, 3.63) is 48.0 Å². The van der Waals surface area contributed by atoms with Crippen molar-refractivity contribution in [2.45, 2.75) is 25.8 Å². The first-order chi connectivity index (χ1) is 10.5. The Bertz CT molecular complexity index is 578. The second-order valence-electron chi connectivity index (χ2n) is 5.22. The minimum absolute atomic E-state index is 0.0754. The minimum atomic E-state index is -0.387. The molecule has 1 N–H and O–H groups in total.